The minimum absolute atomic E-state index is 0.232. The summed E-state index contributed by atoms with van der Waals surface area (Å²) in [6, 6.07) is 12.5. The number of aryl methyl sites for hydroxylation is 2. The van der Waals surface area contributed by atoms with Crippen molar-refractivity contribution in [3.05, 3.63) is 64.7 Å². The summed E-state index contributed by atoms with van der Waals surface area (Å²) in [6.45, 7) is 5.59. The smallest absolute Gasteiger partial charge is 0.257 e. The quantitative estimate of drug-likeness (QED) is 0.800. The highest BCUT2D eigenvalue weighted by Gasteiger charge is 2.18. The van der Waals surface area contributed by atoms with Crippen LogP contribution in [-0.4, -0.2) is 15.6 Å². The van der Waals surface area contributed by atoms with E-state index in [4.69, 9.17) is 9.78 Å². The molecule has 120 valence electrons. The van der Waals surface area contributed by atoms with Crippen LogP contribution >= 0.6 is 0 Å². The fraction of sp³-hybridized carbons (Fsp3) is 0.167. The molecule has 0 saturated carbocycles. The first-order valence-electron chi connectivity index (χ1n) is 7.43. The normalized spacial score (nSPS) is 10.4. The van der Waals surface area contributed by atoms with Crippen molar-refractivity contribution in [1.29, 1.82) is 5.26 Å². The van der Waals surface area contributed by atoms with E-state index in [9.17, 15) is 4.79 Å². The summed E-state index contributed by atoms with van der Waals surface area (Å²) >= 11 is 0. The van der Waals surface area contributed by atoms with Crippen molar-refractivity contribution in [2.75, 3.05) is 5.32 Å². The lowest BCUT2D eigenvalue weighted by Crippen LogP contribution is -2.13. The summed E-state index contributed by atoms with van der Waals surface area (Å²) in [4.78, 5) is 12.6. The minimum Gasteiger partial charge on any atom is -0.360 e. The number of carbonyl (C=O) groups excluding carboxylic acids is 1. The van der Waals surface area contributed by atoms with Crippen LogP contribution in [0.5, 0.6) is 0 Å². The van der Waals surface area contributed by atoms with Crippen molar-refractivity contribution in [1.82, 2.24) is 9.72 Å². The molecule has 0 fully saturated rings. The molecule has 2 heterocycles. The molecule has 3 aromatic rings. The zero-order chi connectivity index (χ0) is 17.3. The highest BCUT2D eigenvalue weighted by atomic mass is 16.5. The van der Waals surface area contributed by atoms with Gasteiger partial charge in [-0.3, -0.25) is 9.36 Å². The second-order valence-electron chi connectivity index (χ2n) is 5.56. The average Bonchev–Trinajstić information content (AvgIpc) is 3.10. The molecule has 0 saturated heterocycles. The van der Waals surface area contributed by atoms with Gasteiger partial charge in [-0.05, 0) is 45.0 Å². The van der Waals surface area contributed by atoms with E-state index >= 15 is 0 Å². The van der Waals surface area contributed by atoms with E-state index in [1.54, 1.807) is 24.3 Å². The van der Waals surface area contributed by atoms with E-state index in [1.807, 2.05) is 37.5 Å². The number of nitrogens with one attached hydrogen (secondary N) is 1. The second-order valence-corrected chi connectivity index (χ2v) is 5.56. The highest BCUT2D eigenvalue weighted by molar-refractivity contribution is 6.05. The average molecular weight is 320 g/mol. The van der Waals surface area contributed by atoms with Gasteiger partial charge in [0.15, 0.2) is 5.82 Å². The fourth-order valence-corrected chi connectivity index (χ4v) is 2.67. The Bertz CT molecular complexity index is 960. The number of hydrogen-bond acceptors (Lipinski definition) is 4. The molecule has 0 aliphatic carbocycles. The highest BCUT2D eigenvalue weighted by Crippen LogP contribution is 2.22. The molecule has 24 heavy (non-hydrogen) atoms. The molecule has 0 aliphatic rings. The number of rotatable bonds is 3. The van der Waals surface area contributed by atoms with E-state index in [-0.39, 0.29) is 5.91 Å². The first kappa shape index (κ1) is 15.6. The van der Waals surface area contributed by atoms with Gasteiger partial charge in [-0.15, -0.1) is 0 Å². The zero-order valence-corrected chi connectivity index (χ0v) is 13.6. The van der Waals surface area contributed by atoms with Crippen LogP contribution in [0.25, 0.3) is 5.82 Å². The van der Waals surface area contributed by atoms with Crippen LogP contribution in [0.1, 0.15) is 33.1 Å². The van der Waals surface area contributed by atoms with Gasteiger partial charge in [0.25, 0.3) is 5.91 Å². The van der Waals surface area contributed by atoms with E-state index in [1.165, 1.54) is 0 Å². The van der Waals surface area contributed by atoms with E-state index in [2.05, 4.69) is 16.5 Å². The van der Waals surface area contributed by atoms with Gasteiger partial charge in [0.1, 0.15) is 5.76 Å². The van der Waals surface area contributed by atoms with Gasteiger partial charge in [0.2, 0.25) is 0 Å². The minimum atomic E-state index is -0.232. The van der Waals surface area contributed by atoms with Crippen molar-refractivity contribution in [2.45, 2.75) is 20.8 Å². The summed E-state index contributed by atoms with van der Waals surface area (Å²) in [7, 11) is 0. The van der Waals surface area contributed by atoms with Crippen molar-refractivity contribution in [2.24, 2.45) is 0 Å². The molecule has 1 amide bonds. The lowest BCUT2D eigenvalue weighted by Gasteiger charge is -2.07. The molecule has 3 rings (SSSR count). The number of benzene rings is 1. The molecule has 6 nitrogen and oxygen atoms in total. The topological polar surface area (TPSA) is 83.9 Å². The van der Waals surface area contributed by atoms with E-state index in [0.29, 0.717) is 28.4 Å². The third-order valence-electron chi connectivity index (χ3n) is 3.77. The maximum absolute atomic E-state index is 12.6. The molecule has 1 N–H and O–H groups in total. The van der Waals surface area contributed by atoms with Gasteiger partial charge >= 0.3 is 0 Å². The van der Waals surface area contributed by atoms with Crippen LogP contribution in [0.2, 0.25) is 0 Å². The summed E-state index contributed by atoms with van der Waals surface area (Å²) in [5, 5.41) is 15.8. The predicted octanol–water partition coefficient (Wildman–Crippen LogP) is 3.51. The number of aromatic nitrogens is 2. The Morgan fingerprint density at radius 1 is 1.25 bits per heavy atom. The molecule has 0 radical (unpaired) electrons. The molecule has 0 spiro atoms. The molecule has 0 bridgehead atoms. The molecule has 1 aromatic carbocycles. The Kier molecular flexibility index (Phi) is 3.92. The Balaban J connectivity index is 1.92. The molecular weight excluding hydrogens is 304 g/mol. The van der Waals surface area contributed by atoms with Crippen molar-refractivity contribution in [3.63, 3.8) is 0 Å². The van der Waals surface area contributed by atoms with Crippen LogP contribution in [-0.2, 0) is 0 Å². The third kappa shape index (κ3) is 2.79. The van der Waals surface area contributed by atoms with E-state index in [0.717, 1.165) is 11.4 Å². The number of anilines is 1. The maximum Gasteiger partial charge on any atom is 0.257 e. The van der Waals surface area contributed by atoms with Crippen LogP contribution < -0.4 is 5.32 Å². The number of hydrogen-bond donors (Lipinski definition) is 1. The monoisotopic (exact) mass is 320 g/mol. The predicted molar refractivity (Wildman–Crippen MR) is 89.2 cm³/mol. The Morgan fingerprint density at radius 3 is 2.71 bits per heavy atom. The second kappa shape index (κ2) is 6.05. The van der Waals surface area contributed by atoms with E-state index < -0.39 is 0 Å². The number of nitrogens with zero attached hydrogens (tertiary/aromatic N) is 3. The van der Waals surface area contributed by atoms with Crippen molar-refractivity contribution >= 4 is 11.6 Å². The van der Waals surface area contributed by atoms with Gasteiger partial charge in [0.05, 0.1) is 17.2 Å². The summed E-state index contributed by atoms with van der Waals surface area (Å²) in [5.41, 5.74) is 3.29. The van der Waals surface area contributed by atoms with Gasteiger partial charge in [-0.1, -0.05) is 11.2 Å². The van der Waals surface area contributed by atoms with Gasteiger partial charge < -0.3 is 9.84 Å². The summed E-state index contributed by atoms with van der Waals surface area (Å²) in [6.07, 6.45) is 0. The van der Waals surface area contributed by atoms with Crippen LogP contribution in [0.4, 0.5) is 5.69 Å². The lowest BCUT2D eigenvalue weighted by atomic mass is 10.2. The first-order chi connectivity index (χ1) is 11.5. The Hall–Kier alpha value is -3.33. The molecule has 6 heteroatoms. The van der Waals surface area contributed by atoms with Gasteiger partial charge in [0, 0.05) is 23.1 Å². The van der Waals surface area contributed by atoms with Crippen LogP contribution in [0.3, 0.4) is 0 Å². The first-order valence-corrected chi connectivity index (χ1v) is 7.43. The SMILES string of the molecule is Cc1cc(-n2c(C)cc(C(=O)Nc3cccc(C#N)c3)c2C)no1. The number of amides is 1. The standard InChI is InChI=1S/C18H16N4O2/c1-11-7-16(13(3)22(11)17-8-12(2)24-21-17)18(23)20-15-6-4-5-14(9-15)10-19/h4-9H,1-3H3,(H,20,23). The van der Waals surface area contributed by atoms with Crippen molar-refractivity contribution in [3.8, 4) is 11.9 Å². The largest absolute Gasteiger partial charge is 0.360 e. The molecular formula is C18H16N4O2. The molecule has 0 aliphatic heterocycles. The fourth-order valence-electron chi connectivity index (χ4n) is 2.67. The van der Waals surface area contributed by atoms with Gasteiger partial charge in [-0.25, -0.2) is 0 Å². The van der Waals surface area contributed by atoms with Gasteiger partial charge in [-0.2, -0.15) is 5.26 Å². The molecule has 0 atom stereocenters. The van der Waals surface area contributed by atoms with Crippen molar-refractivity contribution < 1.29 is 9.32 Å². The summed E-state index contributed by atoms with van der Waals surface area (Å²) < 4.78 is 6.99. The van der Waals surface area contributed by atoms with Crippen LogP contribution in [0.15, 0.2) is 40.9 Å². The zero-order valence-electron chi connectivity index (χ0n) is 13.6. The summed E-state index contributed by atoms with van der Waals surface area (Å²) in [5.74, 6) is 1.12. The Morgan fingerprint density at radius 2 is 2.04 bits per heavy atom. The maximum atomic E-state index is 12.6. The number of carbonyl (C=O) groups is 1. The molecule has 0 unspecified atom stereocenters. The van der Waals surface area contributed by atoms with Crippen LogP contribution in [0, 0.1) is 32.1 Å². The molecule has 2 aromatic heterocycles. The lowest BCUT2D eigenvalue weighted by molar-refractivity contribution is 0.102. The Labute approximate surface area is 139 Å². The third-order valence-corrected chi connectivity index (χ3v) is 3.77. The number of nitriles is 1.